The van der Waals surface area contributed by atoms with Gasteiger partial charge in [-0.05, 0) is 25.2 Å². The van der Waals surface area contributed by atoms with Crippen LogP contribution in [0.5, 0.6) is 0 Å². The number of hydrogen-bond acceptors (Lipinski definition) is 5. The third kappa shape index (κ3) is 3.08. The molecule has 2 N–H and O–H groups in total. The van der Waals surface area contributed by atoms with Crippen molar-refractivity contribution >= 4 is 23.1 Å². The van der Waals surface area contributed by atoms with Crippen LogP contribution in [0.15, 0.2) is 12.3 Å². The first-order chi connectivity index (χ1) is 8.56. The van der Waals surface area contributed by atoms with Crippen molar-refractivity contribution in [3.63, 3.8) is 0 Å². The number of halogens is 1. The van der Waals surface area contributed by atoms with Gasteiger partial charge in [-0.15, -0.1) is 0 Å². The van der Waals surface area contributed by atoms with Gasteiger partial charge in [-0.1, -0.05) is 11.6 Å². The molecule has 1 aromatic heterocycles. The van der Waals surface area contributed by atoms with Crippen molar-refractivity contribution in [2.24, 2.45) is 5.92 Å². The summed E-state index contributed by atoms with van der Waals surface area (Å²) >= 11 is 5.91. The molecule has 1 aliphatic carbocycles. The van der Waals surface area contributed by atoms with Gasteiger partial charge in [0.2, 0.25) is 0 Å². The number of aliphatic hydroxyl groups is 1. The molecule has 7 heteroatoms. The minimum Gasteiger partial charge on any atom is -0.393 e. The average Bonchev–Trinajstić information content (AvgIpc) is 2.73. The van der Waals surface area contributed by atoms with Gasteiger partial charge in [0, 0.05) is 12.6 Å². The Bertz CT molecular complexity index is 455. The Hall–Kier alpha value is -1.40. The maximum atomic E-state index is 10.5. The standard InChI is InChI=1S/C11H14ClN3O3/c12-10-4-8(15(17)18)6-14-11(10)13-5-7-1-2-9(16)3-7/h4,6-7,9,16H,1-3,5H2,(H,13,14). The molecule has 1 saturated carbocycles. The molecule has 2 rings (SSSR count). The Labute approximate surface area is 109 Å². The maximum absolute atomic E-state index is 10.5. The van der Waals surface area contributed by atoms with Gasteiger partial charge in [0.25, 0.3) is 5.69 Å². The lowest BCUT2D eigenvalue weighted by Gasteiger charge is -2.12. The van der Waals surface area contributed by atoms with Gasteiger partial charge in [0.05, 0.1) is 16.0 Å². The summed E-state index contributed by atoms with van der Waals surface area (Å²) in [5.74, 6) is 0.844. The highest BCUT2D eigenvalue weighted by Crippen LogP contribution is 2.28. The number of rotatable bonds is 4. The first-order valence-electron chi connectivity index (χ1n) is 5.78. The summed E-state index contributed by atoms with van der Waals surface area (Å²) in [5.41, 5.74) is -0.123. The highest BCUT2D eigenvalue weighted by Gasteiger charge is 2.22. The van der Waals surface area contributed by atoms with Crippen molar-refractivity contribution in [1.82, 2.24) is 4.98 Å². The average molecular weight is 272 g/mol. The summed E-state index contributed by atoms with van der Waals surface area (Å²) in [6, 6.07) is 1.28. The second kappa shape index (κ2) is 5.49. The Morgan fingerprint density at radius 3 is 2.94 bits per heavy atom. The molecule has 98 valence electrons. The summed E-state index contributed by atoms with van der Waals surface area (Å²) in [6.07, 6.45) is 3.54. The first-order valence-corrected chi connectivity index (χ1v) is 6.16. The smallest absolute Gasteiger partial charge is 0.289 e. The van der Waals surface area contributed by atoms with E-state index in [1.165, 1.54) is 12.3 Å². The molecular weight excluding hydrogens is 258 g/mol. The van der Waals surface area contributed by atoms with E-state index in [1.807, 2.05) is 0 Å². The molecule has 2 atom stereocenters. The van der Waals surface area contributed by atoms with Crippen LogP contribution in [0, 0.1) is 16.0 Å². The van der Waals surface area contributed by atoms with Crippen LogP contribution in [-0.2, 0) is 0 Å². The van der Waals surface area contributed by atoms with E-state index in [1.54, 1.807) is 0 Å². The first kappa shape index (κ1) is 13.0. The SMILES string of the molecule is O=[N+]([O-])c1cnc(NCC2CCC(O)C2)c(Cl)c1. The molecule has 18 heavy (non-hydrogen) atoms. The minimum absolute atomic E-state index is 0.123. The molecule has 0 aliphatic heterocycles. The van der Waals surface area contributed by atoms with Crippen LogP contribution < -0.4 is 5.32 Å². The Morgan fingerprint density at radius 1 is 1.61 bits per heavy atom. The van der Waals surface area contributed by atoms with E-state index >= 15 is 0 Å². The third-order valence-corrected chi connectivity index (χ3v) is 3.40. The molecule has 1 aromatic rings. The Morgan fingerprint density at radius 2 is 2.39 bits per heavy atom. The van der Waals surface area contributed by atoms with Crippen LogP contribution in [-0.4, -0.2) is 27.7 Å². The van der Waals surface area contributed by atoms with Crippen LogP contribution in [0.1, 0.15) is 19.3 Å². The normalized spacial score (nSPS) is 23.0. The summed E-state index contributed by atoms with van der Waals surface area (Å²) in [6.45, 7) is 0.668. The molecule has 1 aliphatic rings. The summed E-state index contributed by atoms with van der Waals surface area (Å²) in [4.78, 5) is 13.9. The molecule has 0 saturated heterocycles. The van der Waals surface area contributed by atoms with Crippen LogP contribution in [0.25, 0.3) is 0 Å². The minimum atomic E-state index is -0.532. The van der Waals surface area contributed by atoms with Gasteiger partial charge >= 0.3 is 0 Å². The van der Waals surface area contributed by atoms with Gasteiger partial charge < -0.3 is 10.4 Å². The zero-order chi connectivity index (χ0) is 13.1. The summed E-state index contributed by atoms with van der Waals surface area (Å²) in [5, 5.41) is 23.2. The zero-order valence-corrected chi connectivity index (χ0v) is 10.4. The fourth-order valence-electron chi connectivity index (χ4n) is 2.13. The predicted molar refractivity (Wildman–Crippen MR) is 67.7 cm³/mol. The Balaban J connectivity index is 1.95. The molecule has 2 unspecified atom stereocenters. The second-order valence-corrected chi connectivity index (χ2v) is 4.90. The lowest BCUT2D eigenvalue weighted by molar-refractivity contribution is -0.385. The highest BCUT2D eigenvalue weighted by atomic mass is 35.5. The number of nitrogens with zero attached hydrogens (tertiary/aromatic N) is 2. The molecule has 0 aromatic carbocycles. The van der Waals surface area contributed by atoms with E-state index in [2.05, 4.69) is 10.3 Å². The van der Waals surface area contributed by atoms with Crippen LogP contribution in [0.2, 0.25) is 5.02 Å². The molecule has 1 heterocycles. The number of aromatic nitrogens is 1. The number of hydrogen-bond donors (Lipinski definition) is 2. The maximum Gasteiger partial charge on any atom is 0.289 e. The molecule has 1 fully saturated rings. The van der Waals surface area contributed by atoms with E-state index in [4.69, 9.17) is 11.6 Å². The van der Waals surface area contributed by atoms with E-state index in [-0.39, 0.29) is 16.8 Å². The number of nitro groups is 1. The lowest BCUT2D eigenvalue weighted by atomic mass is 10.1. The van der Waals surface area contributed by atoms with Crippen LogP contribution in [0.4, 0.5) is 11.5 Å². The van der Waals surface area contributed by atoms with Crippen molar-refractivity contribution in [3.05, 3.63) is 27.4 Å². The fraction of sp³-hybridized carbons (Fsp3) is 0.545. The van der Waals surface area contributed by atoms with E-state index < -0.39 is 4.92 Å². The topological polar surface area (TPSA) is 88.3 Å². The number of pyridine rings is 1. The number of nitrogens with one attached hydrogen (secondary N) is 1. The van der Waals surface area contributed by atoms with Crippen LogP contribution in [0.3, 0.4) is 0 Å². The van der Waals surface area contributed by atoms with E-state index in [9.17, 15) is 15.2 Å². The molecular formula is C11H14ClN3O3. The third-order valence-electron chi connectivity index (χ3n) is 3.11. The van der Waals surface area contributed by atoms with Crippen LogP contribution >= 0.6 is 11.6 Å². The molecule has 0 bridgehead atoms. The molecule has 6 nitrogen and oxygen atoms in total. The molecule has 0 spiro atoms. The van der Waals surface area contributed by atoms with E-state index in [0.29, 0.717) is 18.3 Å². The summed E-state index contributed by atoms with van der Waals surface area (Å²) in [7, 11) is 0. The second-order valence-electron chi connectivity index (χ2n) is 4.49. The quantitative estimate of drug-likeness (QED) is 0.647. The largest absolute Gasteiger partial charge is 0.393 e. The van der Waals surface area contributed by atoms with Gasteiger partial charge in [-0.2, -0.15) is 0 Å². The van der Waals surface area contributed by atoms with Gasteiger partial charge in [-0.3, -0.25) is 10.1 Å². The highest BCUT2D eigenvalue weighted by molar-refractivity contribution is 6.33. The zero-order valence-electron chi connectivity index (χ0n) is 9.67. The fourth-order valence-corrected chi connectivity index (χ4v) is 2.36. The number of aliphatic hydroxyl groups excluding tert-OH is 1. The monoisotopic (exact) mass is 271 g/mol. The van der Waals surface area contributed by atoms with Gasteiger partial charge in [0.1, 0.15) is 12.0 Å². The summed E-state index contributed by atoms with van der Waals surface area (Å²) < 4.78 is 0. The molecule has 0 radical (unpaired) electrons. The van der Waals surface area contributed by atoms with Gasteiger partial charge in [-0.25, -0.2) is 4.98 Å². The molecule has 0 amide bonds. The predicted octanol–water partition coefficient (Wildman–Crippen LogP) is 2.22. The van der Waals surface area contributed by atoms with Crippen molar-refractivity contribution < 1.29 is 10.0 Å². The van der Waals surface area contributed by atoms with Crippen molar-refractivity contribution in [2.75, 3.05) is 11.9 Å². The van der Waals surface area contributed by atoms with E-state index in [0.717, 1.165) is 19.3 Å². The van der Waals surface area contributed by atoms with Crippen molar-refractivity contribution in [3.8, 4) is 0 Å². The number of anilines is 1. The van der Waals surface area contributed by atoms with Crippen molar-refractivity contribution in [2.45, 2.75) is 25.4 Å². The van der Waals surface area contributed by atoms with Crippen molar-refractivity contribution in [1.29, 1.82) is 0 Å². The van der Waals surface area contributed by atoms with Gasteiger partial charge in [0.15, 0.2) is 0 Å². The lowest BCUT2D eigenvalue weighted by Crippen LogP contribution is -2.13. The Kier molecular flexibility index (Phi) is 3.98.